The lowest BCUT2D eigenvalue weighted by Crippen LogP contribution is -2.17. The predicted octanol–water partition coefficient (Wildman–Crippen LogP) is 2.80. The van der Waals surface area contributed by atoms with Gasteiger partial charge in [-0.25, -0.2) is 4.79 Å². The van der Waals surface area contributed by atoms with Crippen molar-refractivity contribution >= 4 is 18.1 Å². The summed E-state index contributed by atoms with van der Waals surface area (Å²) in [6, 6.07) is 13.6. The molecule has 90 valence electrons. The predicted molar refractivity (Wildman–Crippen MR) is 71.6 cm³/mol. The highest BCUT2D eigenvalue weighted by molar-refractivity contribution is 5.81. The summed E-state index contributed by atoms with van der Waals surface area (Å²) in [5.74, 6) is -0.486. The van der Waals surface area contributed by atoms with Gasteiger partial charge in [0.05, 0.1) is 5.69 Å². The van der Waals surface area contributed by atoms with Gasteiger partial charge in [0, 0.05) is 12.3 Å². The molecule has 0 spiro atoms. The van der Waals surface area contributed by atoms with E-state index < -0.39 is 5.97 Å². The molecule has 3 heteroatoms. The van der Waals surface area contributed by atoms with Crippen LogP contribution in [0.4, 0.5) is 0 Å². The summed E-state index contributed by atoms with van der Waals surface area (Å²) in [5.41, 5.74) is 1.87. The molecule has 0 atom stereocenters. The van der Waals surface area contributed by atoms with E-state index in [1.165, 1.54) is 4.73 Å². The zero-order valence-corrected chi connectivity index (χ0v) is 9.82. The van der Waals surface area contributed by atoms with Gasteiger partial charge in [0.15, 0.2) is 0 Å². The fraction of sp³-hybridized carbons (Fsp3) is 0. The number of carbonyl (C=O) groups excluding carboxylic acids is 1. The van der Waals surface area contributed by atoms with E-state index in [-0.39, 0.29) is 0 Å². The van der Waals surface area contributed by atoms with Gasteiger partial charge in [-0.2, -0.15) is 4.73 Å². The summed E-state index contributed by atoms with van der Waals surface area (Å²) >= 11 is 0. The Labute approximate surface area is 106 Å². The third-order valence-corrected chi connectivity index (χ3v) is 2.34. The van der Waals surface area contributed by atoms with Crippen LogP contribution >= 0.6 is 0 Å². The van der Waals surface area contributed by atoms with E-state index in [4.69, 9.17) is 4.84 Å². The molecule has 0 N–H and O–H groups in total. The smallest absolute Gasteiger partial charge is 0.332 e. The second-order valence-corrected chi connectivity index (χ2v) is 3.62. The fourth-order valence-corrected chi connectivity index (χ4v) is 1.47. The molecule has 3 nitrogen and oxygen atoms in total. The molecule has 1 aromatic heterocycles. The fourth-order valence-electron chi connectivity index (χ4n) is 1.47. The lowest BCUT2D eigenvalue weighted by atomic mass is 10.2. The summed E-state index contributed by atoms with van der Waals surface area (Å²) in [6.45, 7) is 3.36. The van der Waals surface area contributed by atoms with Gasteiger partial charge in [0.1, 0.15) is 0 Å². The number of nitrogens with zero attached hydrogens (tertiary/aromatic N) is 1. The third kappa shape index (κ3) is 2.98. The first-order chi connectivity index (χ1) is 8.79. The minimum atomic E-state index is -0.486. The van der Waals surface area contributed by atoms with Crippen molar-refractivity contribution in [2.24, 2.45) is 0 Å². The Kier molecular flexibility index (Phi) is 3.76. The average Bonchev–Trinajstić information content (AvgIpc) is 2.84. The SMILES string of the molecule is C=CC(=O)On1cccc1/C=C/c1ccccc1. The van der Waals surface area contributed by atoms with Crippen LogP contribution in [0.3, 0.4) is 0 Å². The van der Waals surface area contributed by atoms with E-state index >= 15 is 0 Å². The Bertz CT molecular complexity index is 567. The Hall–Kier alpha value is -2.55. The monoisotopic (exact) mass is 239 g/mol. The van der Waals surface area contributed by atoms with Crippen molar-refractivity contribution in [2.45, 2.75) is 0 Å². The van der Waals surface area contributed by atoms with E-state index in [9.17, 15) is 4.79 Å². The van der Waals surface area contributed by atoms with Crippen LogP contribution in [0.2, 0.25) is 0 Å². The largest absolute Gasteiger partial charge is 0.355 e. The Balaban J connectivity index is 2.15. The molecule has 2 rings (SSSR count). The number of rotatable bonds is 4. The summed E-state index contributed by atoms with van der Waals surface area (Å²) < 4.78 is 1.41. The first-order valence-corrected chi connectivity index (χ1v) is 5.55. The minimum absolute atomic E-state index is 0.486. The lowest BCUT2D eigenvalue weighted by molar-refractivity contribution is -0.138. The van der Waals surface area contributed by atoms with Crippen LogP contribution in [0.25, 0.3) is 12.2 Å². The Morgan fingerprint density at radius 1 is 1.11 bits per heavy atom. The van der Waals surface area contributed by atoms with Gasteiger partial charge in [-0.05, 0) is 23.8 Å². The van der Waals surface area contributed by atoms with E-state index in [0.717, 1.165) is 17.3 Å². The molecule has 2 aromatic rings. The van der Waals surface area contributed by atoms with Crippen LogP contribution in [0, 0.1) is 0 Å². The van der Waals surface area contributed by atoms with Gasteiger partial charge >= 0.3 is 5.97 Å². The van der Waals surface area contributed by atoms with Crippen LogP contribution < -0.4 is 4.84 Å². The van der Waals surface area contributed by atoms with Crippen molar-refractivity contribution in [3.8, 4) is 0 Å². The molecule has 1 aromatic carbocycles. The molecule has 18 heavy (non-hydrogen) atoms. The third-order valence-electron chi connectivity index (χ3n) is 2.34. The molecule has 1 heterocycles. The molecule has 0 aliphatic rings. The van der Waals surface area contributed by atoms with Crippen LogP contribution in [-0.2, 0) is 4.79 Å². The first-order valence-electron chi connectivity index (χ1n) is 5.55. The van der Waals surface area contributed by atoms with Crippen LogP contribution in [0.5, 0.6) is 0 Å². The summed E-state index contributed by atoms with van der Waals surface area (Å²) in [7, 11) is 0. The molecule has 0 saturated heterocycles. The van der Waals surface area contributed by atoms with Crippen molar-refractivity contribution in [2.75, 3.05) is 0 Å². The number of hydrogen-bond acceptors (Lipinski definition) is 2. The van der Waals surface area contributed by atoms with Gasteiger partial charge in [0.25, 0.3) is 0 Å². The summed E-state index contributed by atoms with van der Waals surface area (Å²) in [6.07, 6.45) is 6.63. The van der Waals surface area contributed by atoms with Crippen molar-refractivity contribution in [3.05, 3.63) is 72.6 Å². The minimum Gasteiger partial charge on any atom is -0.332 e. The highest BCUT2D eigenvalue weighted by Gasteiger charge is 2.01. The molecule has 0 saturated carbocycles. The van der Waals surface area contributed by atoms with Crippen molar-refractivity contribution < 1.29 is 9.63 Å². The van der Waals surface area contributed by atoms with Gasteiger partial charge < -0.3 is 4.84 Å². The topological polar surface area (TPSA) is 31.2 Å². The molecule has 0 amide bonds. The zero-order chi connectivity index (χ0) is 12.8. The van der Waals surface area contributed by atoms with Crippen LogP contribution in [0.1, 0.15) is 11.3 Å². The summed E-state index contributed by atoms with van der Waals surface area (Å²) in [5, 5.41) is 0. The Morgan fingerprint density at radius 3 is 2.61 bits per heavy atom. The summed E-state index contributed by atoms with van der Waals surface area (Å²) in [4.78, 5) is 16.2. The van der Waals surface area contributed by atoms with E-state index in [1.807, 2.05) is 48.6 Å². The van der Waals surface area contributed by atoms with Gasteiger partial charge in [-0.15, -0.1) is 0 Å². The van der Waals surface area contributed by atoms with Crippen molar-refractivity contribution in [1.82, 2.24) is 4.73 Å². The number of carbonyl (C=O) groups is 1. The maximum Gasteiger partial charge on any atom is 0.355 e. The molecular weight excluding hydrogens is 226 g/mol. The molecule has 0 bridgehead atoms. The van der Waals surface area contributed by atoms with Gasteiger partial charge in [-0.3, -0.25) is 0 Å². The normalized spacial score (nSPS) is 10.4. The van der Waals surface area contributed by atoms with Crippen molar-refractivity contribution in [1.29, 1.82) is 0 Å². The molecule has 0 radical (unpaired) electrons. The maximum atomic E-state index is 11.1. The first kappa shape index (κ1) is 11.9. The molecule has 0 unspecified atom stereocenters. The second-order valence-electron chi connectivity index (χ2n) is 3.62. The van der Waals surface area contributed by atoms with E-state index in [2.05, 4.69) is 6.58 Å². The molecule has 0 aliphatic heterocycles. The Morgan fingerprint density at radius 2 is 1.89 bits per heavy atom. The van der Waals surface area contributed by atoms with Crippen molar-refractivity contribution in [3.63, 3.8) is 0 Å². The van der Waals surface area contributed by atoms with Gasteiger partial charge in [-0.1, -0.05) is 43.0 Å². The molecular formula is C15H13NO2. The van der Waals surface area contributed by atoms with Crippen LogP contribution in [0.15, 0.2) is 61.3 Å². The average molecular weight is 239 g/mol. The maximum absolute atomic E-state index is 11.1. The number of benzene rings is 1. The standard InChI is InChI=1S/C15H13NO2/c1-2-15(17)18-16-12-6-9-14(16)11-10-13-7-4-3-5-8-13/h2-12H,1H2/b11-10+. The van der Waals surface area contributed by atoms with E-state index in [0.29, 0.717) is 0 Å². The zero-order valence-electron chi connectivity index (χ0n) is 9.82. The number of aromatic nitrogens is 1. The lowest BCUT2D eigenvalue weighted by Gasteiger charge is -2.04. The number of hydrogen-bond donors (Lipinski definition) is 0. The van der Waals surface area contributed by atoms with Crippen LogP contribution in [-0.4, -0.2) is 10.7 Å². The van der Waals surface area contributed by atoms with Gasteiger partial charge in [0.2, 0.25) is 0 Å². The van der Waals surface area contributed by atoms with E-state index in [1.54, 1.807) is 12.3 Å². The highest BCUT2D eigenvalue weighted by Crippen LogP contribution is 2.08. The highest BCUT2D eigenvalue weighted by atomic mass is 16.7. The quantitative estimate of drug-likeness (QED) is 0.768. The molecule has 0 aliphatic carbocycles. The molecule has 0 fully saturated rings. The second kappa shape index (κ2) is 5.68.